The van der Waals surface area contributed by atoms with Crippen LogP contribution in [-0.4, -0.2) is 42.5 Å². The van der Waals surface area contributed by atoms with Crippen LogP contribution in [-0.2, 0) is 11.2 Å². The lowest BCUT2D eigenvalue weighted by atomic mass is 10.1. The highest BCUT2D eigenvalue weighted by Crippen LogP contribution is 2.33. The molecule has 156 valence electrons. The lowest BCUT2D eigenvalue weighted by Gasteiger charge is -2.13. The molecule has 0 saturated carbocycles. The van der Waals surface area contributed by atoms with Gasteiger partial charge in [0, 0.05) is 12.6 Å². The molecular weight excluding hydrogens is 418 g/mol. The van der Waals surface area contributed by atoms with Gasteiger partial charge in [-0.2, -0.15) is 0 Å². The molecule has 2 aromatic rings. The highest BCUT2D eigenvalue weighted by Gasteiger charge is 2.28. The zero-order valence-corrected chi connectivity index (χ0v) is 18.6. The highest BCUT2D eigenvalue weighted by atomic mass is 32.2. The van der Waals surface area contributed by atoms with E-state index in [2.05, 4.69) is 6.58 Å². The third kappa shape index (κ3) is 5.23. The molecule has 3 rings (SSSR count). The standard InChI is InChI=1S/C23H23NO4S2/c1-4-7-16-10-11-19(20(14-16)26-3)28-13-12-27-18-9-6-5-8-17(18)15-21-22(25)24(2)23(29)30-21/h4-6,8-11,14-15H,1,7,12-13H2,2-3H3/b21-15-. The molecule has 7 heteroatoms. The van der Waals surface area contributed by atoms with Crippen LogP contribution in [0.1, 0.15) is 11.1 Å². The van der Waals surface area contributed by atoms with E-state index < -0.39 is 0 Å². The Kier molecular flexibility index (Phi) is 7.54. The molecule has 0 unspecified atom stereocenters. The highest BCUT2D eigenvalue weighted by molar-refractivity contribution is 8.26. The number of methoxy groups -OCH3 is 1. The topological polar surface area (TPSA) is 48.0 Å². The van der Waals surface area contributed by atoms with E-state index in [9.17, 15) is 4.79 Å². The molecule has 0 atom stereocenters. The van der Waals surface area contributed by atoms with E-state index in [0.29, 0.717) is 39.7 Å². The maximum Gasteiger partial charge on any atom is 0.265 e. The number of para-hydroxylation sites is 1. The van der Waals surface area contributed by atoms with Gasteiger partial charge in [-0.05, 0) is 36.3 Å². The Morgan fingerprint density at radius 3 is 2.50 bits per heavy atom. The molecule has 1 aliphatic rings. The number of carbonyl (C=O) groups excluding carboxylic acids is 1. The number of hydrogen-bond acceptors (Lipinski definition) is 6. The summed E-state index contributed by atoms with van der Waals surface area (Å²) < 4.78 is 17.7. The summed E-state index contributed by atoms with van der Waals surface area (Å²) in [5.74, 6) is 1.91. The second-order valence-electron chi connectivity index (χ2n) is 6.45. The van der Waals surface area contributed by atoms with Gasteiger partial charge in [0.15, 0.2) is 11.5 Å². The van der Waals surface area contributed by atoms with E-state index in [1.807, 2.05) is 48.5 Å². The molecule has 1 amide bonds. The van der Waals surface area contributed by atoms with Gasteiger partial charge in [-0.1, -0.05) is 54.3 Å². The molecule has 1 fully saturated rings. The van der Waals surface area contributed by atoms with Crippen molar-refractivity contribution in [3.63, 3.8) is 0 Å². The monoisotopic (exact) mass is 441 g/mol. The first-order valence-electron chi connectivity index (χ1n) is 9.37. The Morgan fingerprint density at radius 2 is 1.83 bits per heavy atom. The summed E-state index contributed by atoms with van der Waals surface area (Å²) in [7, 11) is 3.29. The molecule has 0 spiro atoms. The quantitative estimate of drug-likeness (QED) is 0.243. The summed E-state index contributed by atoms with van der Waals surface area (Å²) in [5, 5.41) is 0. The molecule has 5 nitrogen and oxygen atoms in total. The fourth-order valence-corrected chi connectivity index (χ4v) is 4.02. The van der Waals surface area contributed by atoms with Crippen molar-refractivity contribution in [3.05, 3.63) is 71.2 Å². The van der Waals surface area contributed by atoms with Crippen LogP contribution in [0.2, 0.25) is 0 Å². The van der Waals surface area contributed by atoms with Gasteiger partial charge in [0.1, 0.15) is 23.3 Å². The summed E-state index contributed by atoms with van der Waals surface area (Å²) in [5.41, 5.74) is 1.93. The molecule has 0 radical (unpaired) electrons. The van der Waals surface area contributed by atoms with Crippen molar-refractivity contribution >= 4 is 40.3 Å². The van der Waals surface area contributed by atoms with Gasteiger partial charge in [-0.3, -0.25) is 9.69 Å². The Morgan fingerprint density at radius 1 is 1.10 bits per heavy atom. The summed E-state index contributed by atoms with van der Waals surface area (Å²) >= 11 is 6.47. The number of thiocarbonyl (C=S) groups is 1. The first-order valence-corrected chi connectivity index (χ1v) is 10.6. The minimum absolute atomic E-state index is 0.102. The van der Waals surface area contributed by atoms with Gasteiger partial charge < -0.3 is 14.2 Å². The van der Waals surface area contributed by atoms with Crippen LogP contribution in [0.3, 0.4) is 0 Å². The average Bonchev–Trinajstić information content (AvgIpc) is 2.99. The molecule has 0 bridgehead atoms. The lowest BCUT2D eigenvalue weighted by molar-refractivity contribution is -0.121. The molecule has 0 N–H and O–H groups in total. The fraction of sp³-hybridized carbons (Fsp3) is 0.217. The van der Waals surface area contributed by atoms with Gasteiger partial charge in [0.25, 0.3) is 5.91 Å². The van der Waals surface area contributed by atoms with Crippen LogP contribution in [0.25, 0.3) is 6.08 Å². The van der Waals surface area contributed by atoms with Gasteiger partial charge >= 0.3 is 0 Å². The number of thioether (sulfide) groups is 1. The third-order valence-corrected chi connectivity index (χ3v) is 5.88. The molecular formula is C23H23NO4S2. The summed E-state index contributed by atoms with van der Waals surface area (Å²) in [4.78, 5) is 14.3. The van der Waals surface area contributed by atoms with Crippen LogP contribution in [0, 0.1) is 0 Å². The van der Waals surface area contributed by atoms with Gasteiger partial charge in [0.05, 0.1) is 12.0 Å². The zero-order chi connectivity index (χ0) is 21.5. The number of carbonyl (C=O) groups is 1. The Balaban J connectivity index is 1.62. The summed E-state index contributed by atoms with van der Waals surface area (Å²) in [6.45, 7) is 4.45. The van der Waals surface area contributed by atoms with E-state index in [-0.39, 0.29) is 5.91 Å². The number of nitrogens with zero attached hydrogens (tertiary/aromatic N) is 1. The minimum atomic E-state index is -0.102. The first kappa shape index (κ1) is 21.9. The smallest absolute Gasteiger partial charge is 0.265 e. The van der Waals surface area contributed by atoms with E-state index in [1.165, 1.54) is 16.7 Å². The Hall–Kier alpha value is -2.77. The van der Waals surface area contributed by atoms with Crippen molar-refractivity contribution < 1.29 is 19.0 Å². The van der Waals surface area contributed by atoms with Crippen LogP contribution >= 0.6 is 24.0 Å². The van der Waals surface area contributed by atoms with Crippen LogP contribution in [0.15, 0.2) is 60.0 Å². The van der Waals surface area contributed by atoms with Crippen molar-refractivity contribution in [1.82, 2.24) is 4.90 Å². The van der Waals surface area contributed by atoms with Crippen molar-refractivity contribution in [3.8, 4) is 17.2 Å². The summed E-state index contributed by atoms with van der Waals surface area (Å²) in [6.07, 6.45) is 4.42. The van der Waals surface area contributed by atoms with Crippen molar-refractivity contribution in [1.29, 1.82) is 0 Å². The molecule has 1 aliphatic heterocycles. The first-order chi connectivity index (χ1) is 14.5. The number of allylic oxidation sites excluding steroid dienone is 1. The molecule has 0 aliphatic carbocycles. The molecule has 0 aromatic heterocycles. The van der Waals surface area contributed by atoms with Crippen molar-refractivity contribution in [2.24, 2.45) is 0 Å². The number of benzene rings is 2. The lowest BCUT2D eigenvalue weighted by Crippen LogP contribution is -2.22. The molecule has 2 aromatic carbocycles. The SMILES string of the molecule is C=CCc1ccc(OCCOc2ccccc2/C=C2\SC(=S)N(C)C2=O)c(OC)c1. The summed E-state index contributed by atoms with van der Waals surface area (Å²) in [6, 6.07) is 13.4. The van der Waals surface area contributed by atoms with E-state index in [1.54, 1.807) is 20.2 Å². The number of hydrogen-bond donors (Lipinski definition) is 0. The second kappa shape index (κ2) is 10.3. The second-order valence-corrected chi connectivity index (χ2v) is 8.13. The predicted octanol–water partition coefficient (Wildman–Crippen LogP) is 4.71. The van der Waals surface area contributed by atoms with E-state index >= 15 is 0 Å². The normalized spacial score (nSPS) is 14.9. The van der Waals surface area contributed by atoms with Gasteiger partial charge in [0.2, 0.25) is 0 Å². The molecule has 30 heavy (non-hydrogen) atoms. The maximum atomic E-state index is 12.2. The average molecular weight is 442 g/mol. The largest absolute Gasteiger partial charge is 0.493 e. The Labute approximate surface area is 186 Å². The molecule has 1 heterocycles. The van der Waals surface area contributed by atoms with Gasteiger partial charge in [-0.25, -0.2) is 0 Å². The van der Waals surface area contributed by atoms with Crippen LogP contribution in [0.5, 0.6) is 17.2 Å². The predicted molar refractivity (Wildman–Crippen MR) is 125 cm³/mol. The zero-order valence-electron chi connectivity index (χ0n) is 16.9. The van der Waals surface area contributed by atoms with E-state index in [4.69, 9.17) is 26.4 Å². The van der Waals surface area contributed by atoms with Crippen LogP contribution < -0.4 is 14.2 Å². The third-order valence-electron chi connectivity index (χ3n) is 4.40. The minimum Gasteiger partial charge on any atom is -0.493 e. The van der Waals surface area contributed by atoms with Crippen molar-refractivity contribution in [2.75, 3.05) is 27.4 Å². The van der Waals surface area contributed by atoms with Gasteiger partial charge in [-0.15, -0.1) is 6.58 Å². The van der Waals surface area contributed by atoms with E-state index in [0.717, 1.165) is 17.5 Å². The fourth-order valence-electron chi connectivity index (χ4n) is 2.85. The van der Waals surface area contributed by atoms with Crippen LogP contribution in [0.4, 0.5) is 0 Å². The number of amides is 1. The van der Waals surface area contributed by atoms with Crippen molar-refractivity contribution in [2.45, 2.75) is 6.42 Å². The maximum absolute atomic E-state index is 12.2. The number of rotatable bonds is 9. The molecule has 1 saturated heterocycles. The Bertz CT molecular complexity index is 987. The number of ether oxygens (including phenoxy) is 3. The number of likely N-dealkylation sites (N-methyl/N-ethyl adjacent to an activating group) is 1.